The third-order valence-electron chi connectivity index (χ3n) is 1.87. The number of rotatable bonds is 4. The van der Waals surface area contributed by atoms with Gasteiger partial charge in [0.2, 0.25) is 0 Å². The van der Waals surface area contributed by atoms with Gasteiger partial charge >= 0.3 is 5.97 Å². The Kier molecular flexibility index (Phi) is 3.99. The Morgan fingerprint density at radius 1 is 1.53 bits per heavy atom. The molecule has 0 spiro atoms. The summed E-state index contributed by atoms with van der Waals surface area (Å²) >= 11 is 0. The first kappa shape index (κ1) is 11.4. The molecule has 6 nitrogen and oxygen atoms in total. The summed E-state index contributed by atoms with van der Waals surface area (Å²) in [6.45, 7) is 0.503. The number of aliphatic hydroxyl groups is 1. The summed E-state index contributed by atoms with van der Waals surface area (Å²) in [5.74, 6) is 0.0792. The van der Waals surface area contributed by atoms with Gasteiger partial charge in [-0.25, -0.2) is 4.79 Å². The predicted molar refractivity (Wildman–Crippen MR) is 53.7 cm³/mol. The van der Waals surface area contributed by atoms with Gasteiger partial charge in [-0.15, -0.1) is 10.2 Å². The summed E-state index contributed by atoms with van der Waals surface area (Å²) in [5, 5.41) is 16.3. The highest BCUT2D eigenvalue weighted by Gasteiger charge is 2.08. The highest BCUT2D eigenvalue weighted by molar-refractivity contribution is 5.86. The average molecular weight is 211 g/mol. The number of likely N-dealkylation sites (N-methyl/N-ethyl adjacent to an activating group) is 1. The van der Waals surface area contributed by atoms with Crippen molar-refractivity contribution in [1.29, 1.82) is 0 Å². The first-order valence-corrected chi connectivity index (χ1v) is 4.43. The monoisotopic (exact) mass is 211 g/mol. The van der Waals surface area contributed by atoms with Crippen LogP contribution in [0.2, 0.25) is 0 Å². The normalized spacial score (nSPS) is 9.80. The smallest absolute Gasteiger partial charge is 0.358 e. The predicted octanol–water partition coefficient (Wildman–Crippen LogP) is -0.308. The lowest BCUT2D eigenvalue weighted by atomic mass is 10.4. The second-order valence-corrected chi connectivity index (χ2v) is 2.91. The van der Waals surface area contributed by atoms with E-state index in [0.29, 0.717) is 12.4 Å². The summed E-state index contributed by atoms with van der Waals surface area (Å²) in [5.41, 5.74) is 0.165. The molecule has 0 fully saturated rings. The van der Waals surface area contributed by atoms with Crippen molar-refractivity contribution in [3.63, 3.8) is 0 Å². The molecule has 1 heterocycles. The number of methoxy groups -OCH3 is 1. The first-order valence-electron chi connectivity index (χ1n) is 4.43. The number of carbonyl (C=O) groups is 1. The minimum absolute atomic E-state index is 0.0386. The van der Waals surface area contributed by atoms with Crippen molar-refractivity contribution in [2.45, 2.75) is 0 Å². The van der Waals surface area contributed by atoms with E-state index in [-0.39, 0.29) is 12.3 Å². The molecule has 0 aliphatic rings. The van der Waals surface area contributed by atoms with Crippen LogP contribution in [0.1, 0.15) is 10.5 Å². The van der Waals surface area contributed by atoms with Crippen molar-refractivity contribution in [3.05, 3.63) is 17.8 Å². The molecule has 0 saturated carbocycles. The van der Waals surface area contributed by atoms with Gasteiger partial charge in [-0.05, 0) is 12.1 Å². The van der Waals surface area contributed by atoms with E-state index in [4.69, 9.17) is 5.11 Å². The van der Waals surface area contributed by atoms with E-state index >= 15 is 0 Å². The molecule has 0 aromatic carbocycles. The van der Waals surface area contributed by atoms with Crippen molar-refractivity contribution in [2.75, 3.05) is 32.2 Å². The van der Waals surface area contributed by atoms with E-state index in [1.807, 2.05) is 0 Å². The molecule has 1 aromatic rings. The first-order chi connectivity index (χ1) is 7.19. The van der Waals surface area contributed by atoms with Crippen molar-refractivity contribution in [2.24, 2.45) is 0 Å². The summed E-state index contributed by atoms with van der Waals surface area (Å²) in [7, 11) is 3.06. The molecule has 1 aromatic heterocycles. The number of anilines is 1. The molecule has 0 radical (unpaired) electrons. The third-order valence-corrected chi connectivity index (χ3v) is 1.87. The van der Waals surface area contributed by atoms with Crippen molar-refractivity contribution >= 4 is 11.8 Å². The quantitative estimate of drug-likeness (QED) is 0.689. The molecule has 15 heavy (non-hydrogen) atoms. The van der Waals surface area contributed by atoms with E-state index in [0.717, 1.165) is 0 Å². The van der Waals surface area contributed by atoms with E-state index in [2.05, 4.69) is 14.9 Å². The van der Waals surface area contributed by atoms with Gasteiger partial charge in [-0.1, -0.05) is 0 Å². The van der Waals surface area contributed by atoms with Gasteiger partial charge in [0.25, 0.3) is 0 Å². The maximum absolute atomic E-state index is 11.0. The van der Waals surface area contributed by atoms with Gasteiger partial charge in [0, 0.05) is 13.6 Å². The van der Waals surface area contributed by atoms with Gasteiger partial charge in [-0.2, -0.15) is 0 Å². The number of aliphatic hydroxyl groups excluding tert-OH is 1. The van der Waals surface area contributed by atoms with Crippen LogP contribution in [-0.2, 0) is 4.74 Å². The minimum Gasteiger partial charge on any atom is -0.464 e. The van der Waals surface area contributed by atoms with Crippen LogP contribution >= 0.6 is 0 Å². The van der Waals surface area contributed by atoms with Crippen molar-refractivity contribution in [1.82, 2.24) is 10.2 Å². The highest BCUT2D eigenvalue weighted by atomic mass is 16.5. The van der Waals surface area contributed by atoms with Crippen molar-refractivity contribution in [3.8, 4) is 0 Å². The maximum atomic E-state index is 11.0. The lowest BCUT2D eigenvalue weighted by Crippen LogP contribution is -2.22. The summed E-state index contributed by atoms with van der Waals surface area (Å²) in [6.07, 6.45) is 0. The summed E-state index contributed by atoms with van der Waals surface area (Å²) in [4.78, 5) is 12.8. The highest BCUT2D eigenvalue weighted by Crippen LogP contribution is 2.07. The fourth-order valence-corrected chi connectivity index (χ4v) is 1.01. The van der Waals surface area contributed by atoms with Crippen LogP contribution in [0.15, 0.2) is 12.1 Å². The molecule has 0 saturated heterocycles. The number of hydrogen-bond acceptors (Lipinski definition) is 6. The van der Waals surface area contributed by atoms with E-state index in [1.165, 1.54) is 13.2 Å². The molecule has 6 heteroatoms. The van der Waals surface area contributed by atoms with E-state index in [1.54, 1.807) is 18.0 Å². The Bertz CT molecular complexity index is 326. The largest absolute Gasteiger partial charge is 0.464 e. The molecule has 0 aliphatic heterocycles. The molecule has 0 amide bonds. The summed E-state index contributed by atoms with van der Waals surface area (Å²) in [6, 6.07) is 3.18. The Morgan fingerprint density at radius 2 is 2.27 bits per heavy atom. The lowest BCUT2D eigenvalue weighted by Gasteiger charge is -2.15. The van der Waals surface area contributed by atoms with Gasteiger partial charge in [-0.3, -0.25) is 0 Å². The topological polar surface area (TPSA) is 75.5 Å². The van der Waals surface area contributed by atoms with Crippen molar-refractivity contribution < 1.29 is 14.6 Å². The number of nitrogens with zero attached hydrogens (tertiary/aromatic N) is 3. The van der Waals surface area contributed by atoms with Gasteiger partial charge in [0.1, 0.15) is 0 Å². The number of carbonyl (C=O) groups excluding carboxylic acids is 1. The number of ether oxygens (including phenoxy) is 1. The van der Waals surface area contributed by atoms with Crippen LogP contribution < -0.4 is 4.90 Å². The zero-order valence-electron chi connectivity index (χ0n) is 8.67. The fraction of sp³-hybridized carbons (Fsp3) is 0.444. The van der Waals surface area contributed by atoms with Gasteiger partial charge < -0.3 is 14.7 Å². The van der Waals surface area contributed by atoms with Crippen LogP contribution in [0.25, 0.3) is 0 Å². The van der Waals surface area contributed by atoms with Crippen LogP contribution in [0.4, 0.5) is 5.82 Å². The Balaban J connectivity index is 2.76. The Morgan fingerprint density at radius 3 is 2.73 bits per heavy atom. The van der Waals surface area contributed by atoms with E-state index in [9.17, 15) is 4.79 Å². The number of esters is 1. The molecular weight excluding hydrogens is 198 g/mol. The molecule has 0 unspecified atom stereocenters. The number of aromatic nitrogens is 2. The molecule has 1 N–H and O–H groups in total. The lowest BCUT2D eigenvalue weighted by molar-refractivity contribution is 0.0592. The Labute approximate surface area is 87.5 Å². The molecule has 1 rings (SSSR count). The number of hydrogen-bond donors (Lipinski definition) is 1. The molecule has 0 atom stereocenters. The minimum atomic E-state index is -0.515. The maximum Gasteiger partial charge on any atom is 0.358 e. The van der Waals surface area contributed by atoms with Crippen LogP contribution in [0.5, 0.6) is 0 Å². The van der Waals surface area contributed by atoms with Crippen LogP contribution in [0.3, 0.4) is 0 Å². The standard InChI is InChI=1S/C9H13N3O3/c1-12(5-6-13)8-4-3-7(10-11-8)9(14)15-2/h3-4,13H,5-6H2,1-2H3. The second-order valence-electron chi connectivity index (χ2n) is 2.91. The zero-order chi connectivity index (χ0) is 11.3. The van der Waals surface area contributed by atoms with Gasteiger partial charge in [0.05, 0.1) is 13.7 Å². The second kappa shape index (κ2) is 5.26. The molecule has 0 bridgehead atoms. The van der Waals surface area contributed by atoms with Crippen LogP contribution in [0, 0.1) is 0 Å². The molecular formula is C9H13N3O3. The Hall–Kier alpha value is -1.69. The average Bonchev–Trinajstić information content (AvgIpc) is 2.28. The molecule has 82 valence electrons. The molecule has 0 aliphatic carbocycles. The SMILES string of the molecule is COC(=O)c1ccc(N(C)CCO)nn1. The summed E-state index contributed by atoms with van der Waals surface area (Å²) < 4.78 is 4.49. The fourth-order valence-electron chi connectivity index (χ4n) is 1.01. The van der Waals surface area contributed by atoms with Gasteiger partial charge in [0.15, 0.2) is 11.5 Å². The van der Waals surface area contributed by atoms with E-state index < -0.39 is 5.97 Å². The zero-order valence-corrected chi connectivity index (χ0v) is 8.67. The third kappa shape index (κ3) is 2.88. The van der Waals surface area contributed by atoms with Crippen LogP contribution in [-0.4, -0.2) is 48.6 Å².